The van der Waals surface area contributed by atoms with Gasteiger partial charge in [0, 0.05) is 3.57 Å². The van der Waals surface area contributed by atoms with Gasteiger partial charge in [0.25, 0.3) is 0 Å². The highest BCUT2D eigenvalue weighted by atomic mass is 127. The van der Waals surface area contributed by atoms with Gasteiger partial charge in [0.15, 0.2) is 0 Å². The molecule has 0 radical (unpaired) electrons. The fourth-order valence-corrected chi connectivity index (χ4v) is 2.57. The number of benzene rings is 2. The number of halogens is 3. The maximum Gasteiger partial charge on any atom is 0.137 e. The molecule has 0 heterocycles. The summed E-state index contributed by atoms with van der Waals surface area (Å²) in [5.41, 5.74) is 2.02. The van der Waals surface area contributed by atoms with E-state index in [-0.39, 0.29) is 5.38 Å². The van der Waals surface area contributed by atoms with Crippen LogP contribution in [0, 0.1) is 3.57 Å². The molecule has 1 unspecified atom stereocenters. The zero-order valence-corrected chi connectivity index (χ0v) is 13.3. The number of rotatable bonds is 3. The molecule has 0 aliphatic carbocycles. The maximum absolute atomic E-state index is 6.45. The van der Waals surface area contributed by atoms with Crippen molar-refractivity contribution in [1.29, 1.82) is 0 Å². The third-order valence-electron chi connectivity index (χ3n) is 2.63. The Morgan fingerprint density at radius 2 is 1.67 bits per heavy atom. The third kappa shape index (κ3) is 3.11. The van der Waals surface area contributed by atoms with Crippen molar-refractivity contribution >= 4 is 45.8 Å². The molecule has 0 saturated carbocycles. The molecule has 0 aliphatic rings. The largest absolute Gasteiger partial charge is 0.495 e. The van der Waals surface area contributed by atoms with Crippen LogP contribution in [0.15, 0.2) is 42.5 Å². The van der Waals surface area contributed by atoms with Crippen molar-refractivity contribution in [1.82, 2.24) is 0 Å². The Bertz CT molecular complexity index is 540. The van der Waals surface area contributed by atoms with Crippen LogP contribution < -0.4 is 4.74 Å². The molecule has 4 heteroatoms. The first-order valence-electron chi connectivity index (χ1n) is 5.35. The lowest BCUT2D eigenvalue weighted by molar-refractivity contribution is 0.415. The lowest BCUT2D eigenvalue weighted by Gasteiger charge is -2.12. The molecule has 0 saturated heterocycles. The van der Waals surface area contributed by atoms with E-state index in [0.29, 0.717) is 10.8 Å². The summed E-state index contributed by atoms with van der Waals surface area (Å²) in [6.45, 7) is 0. The van der Waals surface area contributed by atoms with Gasteiger partial charge in [-0.05, 0) is 58.0 Å². The van der Waals surface area contributed by atoms with Crippen LogP contribution in [0.5, 0.6) is 5.75 Å². The maximum atomic E-state index is 6.45. The molecule has 0 N–H and O–H groups in total. The molecule has 94 valence electrons. The predicted octanol–water partition coefficient (Wildman–Crippen LogP) is 5.28. The number of hydrogen-bond donors (Lipinski definition) is 0. The van der Waals surface area contributed by atoms with Crippen molar-refractivity contribution in [3.05, 3.63) is 62.2 Å². The molecule has 0 fully saturated rings. The summed E-state index contributed by atoms with van der Waals surface area (Å²) in [6, 6.07) is 13.7. The average Bonchev–Trinajstić information content (AvgIpc) is 2.38. The summed E-state index contributed by atoms with van der Waals surface area (Å²) in [4.78, 5) is 0. The minimum Gasteiger partial charge on any atom is -0.495 e. The van der Waals surface area contributed by atoms with Crippen molar-refractivity contribution in [3.8, 4) is 5.75 Å². The first-order valence-corrected chi connectivity index (χ1v) is 7.24. The quantitative estimate of drug-likeness (QED) is 0.510. The van der Waals surface area contributed by atoms with Gasteiger partial charge in [-0.15, -0.1) is 11.6 Å². The molecule has 2 aromatic carbocycles. The molecule has 0 bridgehead atoms. The number of methoxy groups -OCH3 is 1. The zero-order chi connectivity index (χ0) is 13.1. The van der Waals surface area contributed by atoms with Crippen molar-refractivity contribution in [3.63, 3.8) is 0 Å². The van der Waals surface area contributed by atoms with E-state index >= 15 is 0 Å². The van der Waals surface area contributed by atoms with Crippen LogP contribution in [0.1, 0.15) is 16.5 Å². The fourth-order valence-electron chi connectivity index (χ4n) is 1.66. The Kier molecular flexibility index (Phi) is 4.76. The molecule has 0 aliphatic heterocycles. The summed E-state index contributed by atoms with van der Waals surface area (Å²) >= 11 is 14.8. The molecule has 2 rings (SSSR count). The first kappa shape index (κ1) is 14.0. The van der Waals surface area contributed by atoms with Gasteiger partial charge in [0.2, 0.25) is 0 Å². The molecule has 18 heavy (non-hydrogen) atoms. The molecule has 0 spiro atoms. The minimum atomic E-state index is -0.203. The van der Waals surface area contributed by atoms with Crippen LogP contribution >= 0.6 is 45.8 Å². The second kappa shape index (κ2) is 6.13. The van der Waals surface area contributed by atoms with E-state index in [1.54, 1.807) is 7.11 Å². The molecule has 1 atom stereocenters. The van der Waals surface area contributed by atoms with Crippen molar-refractivity contribution < 1.29 is 4.74 Å². The molecular formula is C14H11Cl2IO. The van der Waals surface area contributed by atoms with E-state index in [2.05, 4.69) is 22.6 Å². The summed E-state index contributed by atoms with van der Waals surface area (Å²) in [7, 11) is 1.60. The van der Waals surface area contributed by atoms with Crippen LogP contribution in [-0.2, 0) is 0 Å². The number of ether oxygens (including phenoxy) is 1. The van der Waals surface area contributed by atoms with Crippen LogP contribution in [0.4, 0.5) is 0 Å². The van der Waals surface area contributed by atoms with Gasteiger partial charge in [0.05, 0.1) is 17.5 Å². The summed E-state index contributed by atoms with van der Waals surface area (Å²) in [5, 5.41) is 0.372. The number of hydrogen-bond acceptors (Lipinski definition) is 1. The van der Waals surface area contributed by atoms with Gasteiger partial charge in [-0.3, -0.25) is 0 Å². The second-order valence-electron chi connectivity index (χ2n) is 3.81. The van der Waals surface area contributed by atoms with Crippen LogP contribution in [-0.4, -0.2) is 7.11 Å². The van der Waals surface area contributed by atoms with Gasteiger partial charge >= 0.3 is 0 Å². The normalized spacial score (nSPS) is 12.2. The third-order valence-corrected chi connectivity index (χ3v) is 4.15. The summed E-state index contributed by atoms with van der Waals surface area (Å²) in [6.07, 6.45) is 0. The molecule has 0 amide bonds. The average molecular weight is 393 g/mol. The second-order valence-corrected chi connectivity index (χ2v) is 5.90. The van der Waals surface area contributed by atoms with Gasteiger partial charge in [-0.25, -0.2) is 0 Å². The minimum absolute atomic E-state index is 0.203. The van der Waals surface area contributed by atoms with E-state index in [1.165, 1.54) is 3.57 Å². The molecule has 1 nitrogen and oxygen atoms in total. The van der Waals surface area contributed by atoms with Crippen LogP contribution in [0.25, 0.3) is 0 Å². The number of alkyl halides is 1. The Labute approximate surface area is 130 Å². The van der Waals surface area contributed by atoms with Crippen molar-refractivity contribution in [2.24, 2.45) is 0 Å². The monoisotopic (exact) mass is 392 g/mol. The predicted molar refractivity (Wildman–Crippen MR) is 84.9 cm³/mol. The fraction of sp³-hybridized carbons (Fsp3) is 0.143. The van der Waals surface area contributed by atoms with Gasteiger partial charge in [-0.1, -0.05) is 29.8 Å². The smallest absolute Gasteiger partial charge is 0.137 e. The van der Waals surface area contributed by atoms with E-state index in [9.17, 15) is 0 Å². The van der Waals surface area contributed by atoms with Crippen LogP contribution in [0.3, 0.4) is 0 Å². The Morgan fingerprint density at radius 1 is 1.06 bits per heavy atom. The SMILES string of the molecule is COc1ccc(C(Cl)c2ccc(I)cc2)cc1Cl. The standard InChI is InChI=1S/C14H11Cl2IO/c1-18-13-7-4-10(8-12(13)15)14(16)9-2-5-11(17)6-3-9/h2-8,14H,1H3. The first-order chi connectivity index (χ1) is 8.61. The van der Waals surface area contributed by atoms with E-state index in [0.717, 1.165) is 11.1 Å². The summed E-state index contributed by atoms with van der Waals surface area (Å²) in [5.74, 6) is 0.659. The lowest BCUT2D eigenvalue weighted by atomic mass is 10.0. The molecule has 2 aromatic rings. The Balaban J connectivity index is 2.31. The van der Waals surface area contributed by atoms with Crippen molar-refractivity contribution in [2.75, 3.05) is 7.11 Å². The highest BCUT2D eigenvalue weighted by molar-refractivity contribution is 14.1. The van der Waals surface area contributed by atoms with E-state index < -0.39 is 0 Å². The zero-order valence-electron chi connectivity index (χ0n) is 9.66. The van der Waals surface area contributed by atoms with E-state index in [4.69, 9.17) is 27.9 Å². The summed E-state index contributed by atoms with van der Waals surface area (Å²) < 4.78 is 6.31. The topological polar surface area (TPSA) is 9.23 Å². The Hall–Kier alpha value is -0.450. The highest BCUT2D eigenvalue weighted by Gasteiger charge is 2.12. The van der Waals surface area contributed by atoms with Gasteiger partial charge in [0.1, 0.15) is 5.75 Å². The van der Waals surface area contributed by atoms with Crippen LogP contribution in [0.2, 0.25) is 5.02 Å². The van der Waals surface area contributed by atoms with Gasteiger partial charge in [-0.2, -0.15) is 0 Å². The lowest BCUT2D eigenvalue weighted by Crippen LogP contribution is -1.94. The molecular weight excluding hydrogens is 382 g/mol. The van der Waals surface area contributed by atoms with E-state index in [1.807, 2.05) is 42.5 Å². The van der Waals surface area contributed by atoms with Crippen molar-refractivity contribution in [2.45, 2.75) is 5.38 Å². The highest BCUT2D eigenvalue weighted by Crippen LogP contribution is 2.33. The molecule has 0 aromatic heterocycles. The van der Waals surface area contributed by atoms with Gasteiger partial charge < -0.3 is 4.74 Å². The Morgan fingerprint density at radius 3 is 2.22 bits per heavy atom.